The highest BCUT2D eigenvalue weighted by Gasteiger charge is 2.14. The number of hydrazone groups is 1. The Morgan fingerprint density at radius 1 is 1.00 bits per heavy atom. The standard InChI is InChI=1S/C22H20N4O5/c1-13-4-8-19(15(3)10-13)24-21(27)22(28)25-23-12-17-6-9-20(31-17)18-7-5-16(26(29)30)11-14(18)2/h4-12H,1-3H3,(H,24,27)(H,25,28)/b23-12+. The number of amides is 2. The van der Waals surface area contributed by atoms with Gasteiger partial charge in [-0.15, -0.1) is 0 Å². The molecule has 0 fully saturated rings. The lowest BCUT2D eigenvalue weighted by Gasteiger charge is -2.07. The molecule has 3 rings (SSSR count). The van der Waals surface area contributed by atoms with Gasteiger partial charge in [-0.2, -0.15) is 5.10 Å². The largest absolute Gasteiger partial charge is 0.455 e. The van der Waals surface area contributed by atoms with Gasteiger partial charge in [0.15, 0.2) is 0 Å². The first-order chi connectivity index (χ1) is 14.7. The summed E-state index contributed by atoms with van der Waals surface area (Å²) in [5, 5.41) is 17.1. The Balaban J connectivity index is 1.61. The Labute approximate surface area is 177 Å². The molecule has 0 saturated heterocycles. The van der Waals surface area contributed by atoms with E-state index in [1.54, 1.807) is 31.2 Å². The summed E-state index contributed by atoms with van der Waals surface area (Å²) in [5.74, 6) is -0.935. The molecule has 2 N–H and O–H groups in total. The molecule has 0 radical (unpaired) electrons. The van der Waals surface area contributed by atoms with Gasteiger partial charge in [-0.05, 0) is 56.2 Å². The Hall–Kier alpha value is -4.27. The molecular weight excluding hydrogens is 400 g/mol. The number of carbonyl (C=O) groups is 2. The molecule has 158 valence electrons. The molecule has 3 aromatic rings. The smallest absolute Gasteiger partial charge is 0.329 e. The number of non-ortho nitro benzene ring substituents is 1. The maximum absolute atomic E-state index is 12.0. The van der Waals surface area contributed by atoms with E-state index in [-0.39, 0.29) is 5.69 Å². The topological polar surface area (TPSA) is 127 Å². The predicted octanol–water partition coefficient (Wildman–Crippen LogP) is 3.87. The van der Waals surface area contributed by atoms with E-state index in [1.165, 1.54) is 18.3 Å². The van der Waals surface area contributed by atoms with Gasteiger partial charge in [0.1, 0.15) is 11.5 Å². The number of nitro groups is 1. The minimum atomic E-state index is -0.922. The summed E-state index contributed by atoms with van der Waals surface area (Å²) in [6, 6.07) is 13.2. The Morgan fingerprint density at radius 2 is 1.77 bits per heavy atom. The maximum Gasteiger partial charge on any atom is 0.329 e. The van der Waals surface area contributed by atoms with Crippen LogP contribution in [-0.4, -0.2) is 23.0 Å². The Bertz CT molecular complexity index is 1200. The van der Waals surface area contributed by atoms with Gasteiger partial charge in [0.25, 0.3) is 5.69 Å². The number of hydrogen-bond donors (Lipinski definition) is 2. The maximum atomic E-state index is 12.0. The molecule has 0 saturated carbocycles. The summed E-state index contributed by atoms with van der Waals surface area (Å²) in [5.41, 5.74) is 5.96. The van der Waals surface area contributed by atoms with Gasteiger partial charge in [0.05, 0.1) is 11.1 Å². The summed E-state index contributed by atoms with van der Waals surface area (Å²) < 4.78 is 5.64. The van der Waals surface area contributed by atoms with E-state index in [4.69, 9.17) is 4.42 Å². The molecule has 0 aliphatic carbocycles. The number of nitro benzene ring substituents is 1. The molecule has 9 heteroatoms. The van der Waals surface area contributed by atoms with Crippen molar-refractivity contribution in [3.8, 4) is 11.3 Å². The second-order valence-corrected chi connectivity index (χ2v) is 6.93. The highest BCUT2D eigenvalue weighted by molar-refractivity contribution is 6.39. The van der Waals surface area contributed by atoms with E-state index < -0.39 is 16.7 Å². The quantitative estimate of drug-likeness (QED) is 0.280. The van der Waals surface area contributed by atoms with Crippen LogP contribution >= 0.6 is 0 Å². The first kappa shape index (κ1) is 21.4. The fourth-order valence-corrected chi connectivity index (χ4v) is 2.94. The predicted molar refractivity (Wildman–Crippen MR) is 116 cm³/mol. The van der Waals surface area contributed by atoms with Crippen molar-refractivity contribution in [2.75, 3.05) is 5.32 Å². The van der Waals surface area contributed by atoms with Crippen LogP contribution < -0.4 is 10.7 Å². The number of furan rings is 1. The van der Waals surface area contributed by atoms with Crippen molar-refractivity contribution in [2.24, 2.45) is 5.10 Å². The van der Waals surface area contributed by atoms with E-state index in [0.717, 1.165) is 11.1 Å². The molecule has 2 aromatic carbocycles. The summed E-state index contributed by atoms with van der Waals surface area (Å²) >= 11 is 0. The third kappa shape index (κ3) is 5.21. The first-order valence-corrected chi connectivity index (χ1v) is 9.31. The monoisotopic (exact) mass is 420 g/mol. The molecule has 1 heterocycles. The molecule has 0 bridgehead atoms. The number of benzene rings is 2. The van der Waals surface area contributed by atoms with Crippen LogP contribution in [0.4, 0.5) is 11.4 Å². The highest BCUT2D eigenvalue weighted by atomic mass is 16.6. The lowest BCUT2D eigenvalue weighted by atomic mass is 10.1. The van der Waals surface area contributed by atoms with Crippen molar-refractivity contribution in [3.63, 3.8) is 0 Å². The number of rotatable bonds is 5. The SMILES string of the molecule is Cc1ccc(NC(=O)C(=O)N/N=C/c2ccc(-c3ccc([N+](=O)[O-])cc3C)o2)c(C)c1. The van der Waals surface area contributed by atoms with Crippen LogP contribution in [0.1, 0.15) is 22.5 Å². The second-order valence-electron chi connectivity index (χ2n) is 6.93. The fraction of sp³-hybridized carbons (Fsp3) is 0.136. The average molecular weight is 420 g/mol. The van der Waals surface area contributed by atoms with Crippen molar-refractivity contribution in [3.05, 3.63) is 81.1 Å². The van der Waals surface area contributed by atoms with Gasteiger partial charge in [-0.25, -0.2) is 5.43 Å². The normalized spacial score (nSPS) is 10.8. The second kappa shape index (κ2) is 9.04. The van der Waals surface area contributed by atoms with Gasteiger partial charge in [-0.3, -0.25) is 19.7 Å². The summed E-state index contributed by atoms with van der Waals surface area (Å²) in [6.07, 6.45) is 1.26. The van der Waals surface area contributed by atoms with Crippen LogP contribution in [0.25, 0.3) is 11.3 Å². The highest BCUT2D eigenvalue weighted by Crippen LogP contribution is 2.28. The molecule has 0 aliphatic rings. The summed E-state index contributed by atoms with van der Waals surface area (Å²) in [7, 11) is 0. The Kier molecular flexibility index (Phi) is 6.25. The lowest BCUT2D eigenvalue weighted by Crippen LogP contribution is -2.32. The van der Waals surface area contributed by atoms with Crippen molar-refractivity contribution in [2.45, 2.75) is 20.8 Å². The lowest BCUT2D eigenvalue weighted by molar-refractivity contribution is -0.384. The number of anilines is 1. The van der Waals surface area contributed by atoms with Crippen LogP contribution in [-0.2, 0) is 9.59 Å². The third-order valence-corrected chi connectivity index (χ3v) is 4.51. The molecular formula is C22H20N4O5. The average Bonchev–Trinajstić information content (AvgIpc) is 3.18. The van der Waals surface area contributed by atoms with E-state index in [0.29, 0.717) is 28.3 Å². The molecule has 0 aliphatic heterocycles. The molecule has 9 nitrogen and oxygen atoms in total. The van der Waals surface area contributed by atoms with E-state index >= 15 is 0 Å². The van der Waals surface area contributed by atoms with Gasteiger partial charge in [-0.1, -0.05) is 17.7 Å². The van der Waals surface area contributed by atoms with Gasteiger partial charge < -0.3 is 9.73 Å². The zero-order valence-electron chi connectivity index (χ0n) is 17.1. The molecule has 1 aromatic heterocycles. The molecule has 31 heavy (non-hydrogen) atoms. The Morgan fingerprint density at radius 3 is 2.45 bits per heavy atom. The van der Waals surface area contributed by atoms with Crippen LogP contribution in [0.15, 0.2) is 58.0 Å². The van der Waals surface area contributed by atoms with E-state index in [1.807, 2.05) is 26.0 Å². The third-order valence-electron chi connectivity index (χ3n) is 4.51. The summed E-state index contributed by atoms with van der Waals surface area (Å²) in [4.78, 5) is 34.4. The fourth-order valence-electron chi connectivity index (χ4n) is 2.94. The number of carbonyl (C=O) groups excluding carboxylic acids is 2. The number of aryl methyl sites for hydroxylation is 3. The van der Waals surface area contributed by atoms with Crippen LogP contribution in [0.2, 0.25) is 0 Å². The van der Waals surface area contributed by atoms with Crippen molar-refractivity contribution in [1.82, 2.24) is 5.43 Å². The zero-order valence-corrected chi connectivity index (χ0v) is 17.1. The molecule has 0 spiro atoms. The van der Waals surface area contributed by atoms with Crippen LogP contribution in [0.5, 0.6) is 0 Å². The van der Waals surface area contributed by atoms with Crippen molar-refractivity contribution >= 4 is 29.4 Å². The molecule has 2 amide bonds. The van der Waals surface area contributed by atoms with Gasteiger partial charge in [0, 0.05) is 23.4 Å². The molecule has 0 atom stereocenters. The van der Waals surface area contributed by atoms with E-state index in [9.17, 15) is 19.7 Å². The van der Waals surface area contributed by atoms with Gasteiger partial charge in [0.2, 0.25) is 0 Å². The van der Waals surface area contributed by atoms with Crippen molar-refractivity contribution < 1.29 is 18.9 Å². The zero-order chi connectivity index (χ0) is 22.5. The summed E-state index contributed by atoms with van der Waals surface area (Å²) in [6.45, 7) is 5.51. The van der Waals surface area contributed by atoms with Crippen LogP contribution in [0, 0.1) is 30.9 Å². The van der Waals surface area contributed by atoms with Crippen LogP contribution in [0.3, 0.4) is 0 Å². The number of nitrogens with one attached hydrogen (secondary N) is 2. The van der Waals surface area contributed by atoms with E-state index in [2.05, 4.69) is 15.8 Å². The number of nitrogens with zero attached hydrogens (tertiary/aromatic N) is 2. The first-order valence-electron chi connectivity index (χ1n) is 9.31. The minimum absolute atomic E-state index is 0.00332. The molecule has 0 unspecified atom stereocenters. The minimum Gasteiger partial charge on any atom is -0.455 e. The number of hydrogen-bond acceptors (Lipinski definition) is 6. The van der Waals surface area contributed by atoms with Crippen molar-refractivity contribution in [1.29, 1.82) is 0 Å². The van der Waals surface area contributed by atoms with Gasteiger partial charge >= 0.3 is 11.8 Å².